The van der Waals surface area contributed by atoms with Gasteiger partial charge >= 0.3 is 0 Å². The van der Waals surface area contributed by atoms with Crippen LogP contribution in [0.25, 0.3) is 5.69 Å². The Balaban J connectivity index is 1.90. The van der Waals surface area contributed by atoms with E-state index in [1.54, 1.807) is 18.6 Å². The van der Waals surface area contributed by atoms with Gasteiger partial charge < -0.3 is 9.67 Å². The average molecular weight is 308 g/mol. The van der Waals surface area contributed by atoms with E-state index in [1.807, 2.05) is 29.0 Å². The van der Waals surface area contributed by atoms with Crippen LogP contribution in [0.5, 0.6) is 5.75 Å². The number of aliphatic imine (C=N–C) groups is 1. The maximum Gasteiger partial charge on any atom is 0.270 e. The highest BCUT2D eigenvalue weighted by Crippen LogP contribution is 2.23. The van der Waals surface area contributed by atoms with Crippen molar-refractivity contribution in [3.05, 3.63) is 76.9 Å². The molecule has 23 heavy (non-hydrogen) atoms. The average Bonchev–Trinajstić information content (AvgIpc) is 3.08. The largest absolute Gasteiger partial charge is 0.507 e. The van der Waals surface area contributed by atoms with Crippen molar-refractivity contribution in [3.8, 4) is 11.4 Å². The number of aromatic nitrogens is 2. The lowest BCUT2D eigenvalue weighted by Crippen LogP contribution is -1.91. The fourth-order valence-corrected chi connectivity index (χ4v) is 2.05. The van der Waals surface area contributed by atoms with Crippen LogP contribution in [-0.4, -0.2) is 25.8 Å². The van der Waals surface area contributed by atoms with Gasteiger partial charge in [-0.1, -0.05) is 6.07 Å². The molecule has 1 N–H and O–H groups in total. The van der Waals surface area contributed by atoms with E-state index in [1.165, 1.54) is 24.4 Å². The van der Waals surface area contributed by atoms with Crippen molar-refractivity contribution in [2.75, 3.05) is 0 Å². The maximum atomic E-state index is 10.8. The smallest absolute Gasteiger partial charge is 0.270 e. The van der Waals surface area contributed by atoms with Crippen LogP contribution in [0.15, 0.2) is 66.2 Å². The Morgan fingerprint density at radius 2 is 2.13 bits per heavy atom. The molecule has 1 heterocycles. The van der Waals surface area contributed by atoms with Crippen LogP contribution in [0.3, 0.4) is 0 Å². The molecule has 114 valence electrons. The quantitative estimate of drug-likeness (QED) is 0.455. The van der Waals surface area contributed by atoms with Gasteiger partial charge in [0.2, 0.25) is 0 Å². The summed E-state index contributed by atoms with van der Waals surface area (Å²) in [5.74, 6) is -0.0647. The van der Waals surface area contributed by atoms with Crippen molar-refractivity contribution in [3.63, 3.8) is 0 Å². The van der Waals surface area contributed by atoms with Gasteiger partial charge in [-0.3, -0.25) is 15.1 Å². The lowest BCUT2D eigenvalue weighted by Gasteiger charge is -2.03. The standard InChI is InChI=1S/C16H12N4O3/c21-16-5-4-15(20(22)23)8-12(16)10-18-13-2-1-3-14(9-13)19-7-6-17-11-19/h1-11,21H. The molecule has 0 fully saturated rings. The highest BCUT2D eigenvalue weighted by atomic mass is 16.6. The molecule has 0 bridgehead atoms. The molecule has 0 atom stereocenters. The summed E-state index contributed by atoms with van der Waals surface area (Å²) in [5.41, 5.74) is 1.73. The number of nitro benzene ring substituents is 1. The summed E-state index contributed by atoms with van der Waals surface area (Å²) < 4.78 is 1.84. The molecule has 3 aromatic rings. The molecule has 1 aromatic heterocycles. The Bertz CT molecular complexity index is 873. The number of phenolic OH excluding ortho intramolecular Hbond substituents is 1. The first-order valence-corrected chi connectivity index (χ1v) is 6.73. The molecule has 0 radical (unpaired) electrons. The summed E-state index contributed by atoms with van der Waals surface area (Å²) in [6, 6.07) is 11.2. The van der Waals surface area contributed by atoms with E-state index in [-0.39, 0.29) is 17.0 Å². The Morgan fingerprint density at radius 1 is 1.26 bits per heavy atom. The van der Waals surface area contributed by atoms with Crippen molar-refractivity contribution >= 4 is 17.6 Å². The number of non-ortho nitro benzene ring substituents is 1. The Labute approximate surface area is 131 Å². The van der Waals surface area contributed by atoms with Gasteiger partial charge in [0.1, 0.15) is 5.75 Å². The van der Waals surface area contributed by atoms with Crippen molar-refractivity contribution < 1.29 is 10.0 Å². The molecule has 2 aromatic carbocycles. The summed E-state index contributed by atoms with van der Waals surface area (Å²) in [4.78, 5) is 18.5. The summed E-state index contributed by atoms with van der Waals surface area (Å²) in [7, 11) is 0. The minimum Gasteiger partial charge on any atom is -0.507 e. The molecular formula is C16H12N4O3. The number of nitrogens with zero attached hydrogens (tertiary/aromatic N) is 4. The van der Waals surface area contributed by atoms with Gasteiger partial charge in [0.25, 0.3) is 5.69 Å². The van der Waals surface area contributed by atoms with Gasteiger partial charge in [-0.15, -0.1) is 0 Å². The van der Waals surface area contributed by atoms with Crippen LogP contribution in [0.2, 0.25) is 0 Å². The molecule has 7 heteroatoms. The third kappa shape index (κ3) is 3.24. The van der Waals surface area contributed by atoms with Crippen LogP contribution in [0.1, 0.15) is 5.56 Å². The molecule has 0 unspecified atom stereocenters. The predicted octanol–water partition coefficient (Wildman–Crippen LogP) is 3.24. The zero-order valence-corrected chi connectivity index (χ0v) is 11.9. The van der Waals surface area contributed by atoms with E-state index in [2.05, 4.69) is 9.98 Å². The van der Waals surface area contributed by atoms with Crippen LogP contribution in [0, 0.1) is 10.1 Å². The zero-order chi connectivity index (χ0) is 16.2. The monoisotopic (exact) mass is 308 g/mol. The highest BCUT2D eigenvalue weighted by Gasteiger charge is 2.08. The fourth-order valence-electron chi connectivity index (χ4n) is 2.05. The SMILES string of the molecule is O=[N+]([O-])c1ccc(O)c(C=Nc2cccc(-n3ccnc3)c2)c1. The number of hydrogen-bond acceptors (Lipinski definition) is 5. The van der Waals surface area contributed by atoms with Crippen LogP contribution in [0.4, 0.5) is 11.4 Å². The topological polar surface area (TPSA) is 93.5 Å². The first kappa shape index (κ1) is 14.5. The second-order valence-electron chi connectivity index (χ2n) is 4.75. The molecule has 0 aliphatic rings. The molecule has 7 nitrogen and oxygen atoms in total. The number of aromatic hydroxyl groups is 1. The molecule has 3 rings (SSSR count). The van der Waals surface area contributed by atoms with E-state index < -0.39 is 4.92 Å². The van der Waals surface area contributed by atoms with E-state index in [0.717, 1.165) is 5.69 Å². The first-order chi connectivity index (χ1) is 11.1. The van der Waals surface area contributed by atoms with Gasteiger partial charge in [0.15, 0.2) is 0 Å². The van der Waals surface area contributed by atoms with Crippen LogP contribution < -0.4 is 0 Å². The molecule has 0 amide bonds. The Hall–Kier alpha value is -3.48. The van der Waals surface area contributed by atoms with Gasteiger partial charge in [0, 0.05) is 42.0 Å². The number of phenols is 1. The van der Waals surface area contributed by atoms with Gasteiger partial charge in [-0.2, -0.15) is 0 Å². The van der Waals surface area contributed by atoms with E-state index >= 15 is 0 Å². The lowest BCUT2D eigenvalue weighted by molar-refractivity contribution is -0.384. The maximum absolute atomic E-state index is 10.8. The Kier molecular flexibility index (Phi) is 3.84. The van der Waals surface area contributed by atoms with Gasteiger partial charge in [-0.05, 0) is 24.3 Å². The summed E-state index contributed by atoms with van der Waals surface area (Å²) in [6.45, 7) is 0. The van der Waals surface area contributed by atoms with E-state index in [4.69, 9.17) is 0 Å². The normalized spacial score (nSPS) is 11.0. The number of hydrogen-bond donors (Lipinski definition) is 1. The highest BCUT2D eigenvalue weighted by molar-refractivity contribution is 5.86. The molecule has 0 saturated carbocycles. The minimum absolute atomic E-state index is 0.0647. The molecule has 0 spiro atoms. The van der Waals surface area contributed by atoms with E-state index in [0.29, 0.717) is 5.69 Å². The lowest BCUT2D eigenvalue weighted by atomic mass is 10.2. The third-order valence-corrected chi connectivity index (χ3v) is 3.21. The van der Waals surface area contributed by atoms with Crippen LogP contribution >= 0.6 is 0 Å². The molecule has 0 aliphatic heterocycles. The number of benzene rings is 2. The molecule has 0 saturated heterocycles. The fraction of sp³-hybridized carbons (Fsp3) is 0. The van der Waals surface area contributed by atoms with E-state index in [9.17, 15) is 15.2 Å². The number of imidazole rings is 1. The van der Waals surface area contributed by atoms with Crippen molar-refractivity contribution in [2.24, 2.45) is 4.99 Å². The van der Waals surface area contributed by atoms with Gasteiger partial charge in [-0.25, -0.2) is 4.98 Å². The first-order valence-electron chi connectivity index (χ1n) is 6.73. The number of nitro groups is 1. The predicted molar refractivity (Wildman–Crippen MR) is 85.6 cm³/mol. The van der Waals surface area contributed by atoms with Crippen molar-refractivity contribution in [2.45, 2.75) is 0 Å². The number of rotatable bonds is 4. The second kappa shape index (κ2) is 6.10. The van der Waals surface area contributed by atoms with Crippen molar-refractivity contribution in [1.29, 1.82) is 0 Å². The minimum atomic E-state index is -0.517. The molecule has 0 aliphatic carbocycles. The summed E-state index contributed by atoms with van der Waals surface area (Å²) in [5, 5.41) is 20.6. The third-order valence-electron chi connectivity index (χ3n) is 3.21. The summed E-state index contributed by atoms with van der Waals surface area (Å²) in [6.07, 6.45) is 6.57. The zero-order valence-electron chi connectivity index (χ0n) is 11.9. The second-order valence-corrected chi connectivity index (χ2v) is 4.75. The van der Waals surface area contributed by atoms with Gasteiger partial charge in [0.05, 0.1) is 16.9 Å². The van der Waals surface area contributed by atoms with Crippen LogP contribution in [-0.2, 0) is 0 Å². The Morgan fingerprint density at radius 3 is 2.87 bits per heavy atom. The molecular weight excluding hydrogens is 296 g/mol. The summed E-state index contributed by atoms with van der Waals surface area (Å²) >= 11 is 0. The van der Waals surface area contributed by atoms with Crippen molar-refractivity contribution in [1.82, 2.24) is 9.55 Å².